The predicted octanol–water partition coefficient (Wildman–Crippen LogP) is 4.15. The molecule has 172 valence electrons. The number of pyridine rings is 2. The molecule has 0 radical (unpaired) electrons. The fraction of sp³-hybridized carbons (Fsp3) is 0.185. The van der Waals surface area contributed by atoms with Crippen molar-refractivity contribution >= 4 is 28.4 Å². The average Bonchev–Trinajstić information content (AvgIpc) is 2.85. The maximum absolute atomic E-state index is 13.2. The first-order valence-electron chi connectivity index (χ1n) is 11.0. The SMILES string of the molecule is CCc1cccc(NC(=O)Cn2cc(C(=O)c3ccc(OC)cc3)c(=O)c3ccc(C)nc32)c1. The molecular weight excluding hydrogens is 430 g/mol. The predicted molar refractivity (Wildman–Crippen MR) is 132 cm³/mol. The molecule has 7 heteroatoms. The Bertz CT molecular complexity index is 1440. The Morgan fingerprint density at radius 2 is 1.82 bits per heavy atom. The number of methoxy groups -OCH3 is 1. The van der Waals surface area contributed by atoms with Crippen molar-refractivity contribution in [2.75, 3.05) is 12.4 Å². The molecule has 2 aromatic carbocycles. The highest BCUT2D eigenvalue weighted by molar-refractivity contribution is 6.10. The van der Waals surface area contributed by atoms with E-state index >= 15 is 0 Å². The van der Waals surface area contributed by atoms with Gasteiger partial charge in [-0.3, -0.25) is 14.4 Å². The van der Waals surface area contributed by atoms with E-state index < -0.39 is 11.2 Å². The van der Waals surface area contributed by atoms with Crippen LogP contribution < -0.4 is 15.5 Å². The molecule has 0 bridgehead atoms. The standard InChI is InChI=1S/C27H25N3O4/c1-4-18-6-5-7-20(14-18)29-24(31)16-30-15-23(25(32)19-9-11-21(34-3)12-10-19)26(33)22-13-8-17(2)28-27(22)30/h5-15H,4,16H2,1-3H3,(H,29,31). The van der Waals surface area contributed by atoms with Crippen molar-refractivity contribution in [1.29, 1.82) is 0 Å². The molecule has 0 unspecified atom stereocenters. The number of ether oxygens (including phenoxy) is 1. The fourth-order valence-corrected chi connectivity index (χ4v) is 3.76. The van der Waals surface area contributed by atoms with Gasteiger partial charge in [0.1, 0.15) is 17.9 Å². The number of amides is 1. The van der Waals surface area contributed by atoms with E-state index in [4.69, 9.17) is 4.74 Å². The van der Waals surface area contributed by atoms with Gasteiger partial charge < -0.3 is 14.6 Å². The number of aryl methyl sites for hydroxylation is 2. The number of hydrogen-bond acceptors (Lipinski definition) is 5. The Hall–Kier alpha value is -4.26. The summed E-state index contributed by atoms with van der Waals surface area (Å²) in [6, 6.07) is 17.5. The number of nitrogens with zero attached hydrogens (tertiary/aromatic N) is 2. The van der Waals surface area contributed by atoms with Crippen molar-refractivity contribution in [2.24, 2.45) is 0 Å². The fourth-order valence-electron chi connectivity index (χ4n) is 3.76. The van der Waals surface area contributed by atoms with Crippen LogP contribution in [0.1, 0.15) is 34.1 Å². The smallest absolute Gasteiger partial charge is 0.244 e. The molecule has 4 rings (SSSR count). The zero-order chi connectivity index (χ0) is 24.2. The van der Waals surface area contributed by atoms with Gasteiger partial charge in [-0.15, -0.1) is 0 Å². The first-order chi connectivity index (χ1) is 16.4. The normalized spacial score (nSPS) is 10.8. The molecule has 7 nitrogen and oxygen atoms in total. The van der Waals surface area contributed by atoms with Gasteiger partial charge in [0.05, 0.1) is 18.1 Å². The van der Waals surface area contributed by atoms with E-state index in [1.165, 1.54) is 13.3 Å². The topological polar surface area (TPSA) is 90.3 Å². The Morgan fingerprint density at radius 1 is 1.06 bits per heavy atom. The minimum absolute atomic E-state index is 0.0240. The molecule has 0 atom stereocenters. The number of carbonyl (C=O) groups is 2. The van der Waals surface area contributed by atoms with Gasteiger partial charge in [0.15, 0.2) is 5.78 Å². The van der Waals surface area contributed by atoms with Gasteiger partial charge >= 0.3 is 0 Å². The van der Waals surface area contributed by atoms with Crippen LogP contribution in [0.3, 0.4) is 0 Å². The first kappa shape index (κ1) is 22.9. The van der Waals surface area contributed by atoms with Crippen molar-refractivity contribution in [3.05, 3.63) is 99.5 Å². The number of aromatic nitrogens is 2. The molecule has 34 heavy (non-hydrogen) atoms. The number of benzene rings is 2. The summed E-state index contributed by atoms with van der Waals surface area (Å²) >= 11 is 0. The number of hydrogen-bond donors (Lipinski definition) is 1. The van der Waals surface area contributed by atoms with Crippen LogP contribution in [0.25, 0.3) is 11.0 Å². The second kappa shape index (κ2) is 9.70. The summed E-state index contributed by atoms with van der Waals surface area (Å²) in [7, 11) is 1.54. The van der Waals surface area contributed by atoms with Gasteiger partial charge in [-0.05, 0) is 67.4 Å². The lowest BCUT2D eigenvalue weighted by Crippen LogP contribution is -2.25. The van der Waals surface area contributed by atoms with Crippen molar-refractivity contribution in [2.45, 2.75) is 26.8 Å². The van der Waals surface area contributed by atoms with Gasteiger partial charge in [0.2, 0.25) is 11.3 Å². The molecule has 0 spiro atoms. The van der Waals surface area contributed by atoms with Gasteiger partial charge in [0.25, 0.3) is 0 Å². The van der Waals surface area contributed by atoms with Gasteiger partial charge in [-0.2, -0.15) is 0 Å². The summed E-state index contributed by atoms with van der Waals surface area (Å²) in [5, 5.41) is 3.17. The summed E-state index contributed by atoms with van der Waals surface area (Å²) < 4.78 is 6.70. The Labute approximate surface area is 197 Å². The van der Waals surface area contributed by atoms with E-state index in [0.29, 0.717) is 28.3 Å². The Kier molecular flexibility index (Phi) is 6.54. The van der Waals surface area contributed by atoms with E-state index in [9.17, 15) is 14.4 Å². The number of nitrogens with one attached hydrogen (secondary N) is 1. The van der Waals surface area contributed by atoms with Crippen LogP contribution in [0.15, 0.2) is 71.7 Å². The highest BCUT2D eigenvalue weighted by Gasteiger charge is 2.19. The van der Waals surface area contributed by atoms with Gasteiger partial charge in [-0.1, -0.05) is 19.1 Å². The number of anilines is 1. The summed E-state index contributed by atoms with van der Waals surface area (Å²) in [5.41, 5.74) is 2.76. The van der Waals surface area contributed by atoms with Crippen LogP contribution in [0, 0.1) is 6.92 Å². The summed E-state index contributed by atoms with van der Waals surface area (Å²) in [4.78, 5) is 43.7. The molecule has 4 aromatic rings. The van der Waals surface area contributed by atoms with Gasteiger partial charge in [0, 0.05) is 23.1 Å². The van der Waals surface area contributed by atoms with Crippen LogP contribution in [0.2, 0.25) is 0 Å². The molecule has 0 aliphatic carbocycles. The van der Waals surface area contributed by atoms with Crippen molar-refractivity contribution in [3.8, 4) is 5.75 Å². The minimum atomic E-state index is -0.431. The number of rotatable bonds is 7. The molecule has 1 N–H and O–H groups in total. The highest BCUT2D eigenvalue weighted by Crippen LogP contribution is 2.17. The van der Waals surface area contributed by atoms with Crippen LogP contribution in [0.5, 0.6) is 5.75 Å². The number of carbonyl (C=O) groups excluding carboxylic acids is 2. The Morgan fingerprint density at radius 3 is 2.53 bits per heavy atom. The summed E-state index contributed by atoms with van der Waals surface area (Å²) in [5.74, 6) is -0.111. The third kappa shape index (κ3) is 4.73. The van der Waals surface area contributed by atoms with Crippen molar-refractivity contribution < 1.29 is 14.3 Å². The van der Waals surface area contributed by atoms with E-state index in [2.05, 4.69) is 10.3 Å². The lowest BCUT2D eigenvalue weighted by Gasteiger charge is -2.14. The summed E-state index contributed by atoms with van der Waals surface area (Å²) in [6.07, 6.45) is 2.28. The minimum Gasteiger partial charge on any atom is -0.497 e. The zero-order valence-electron chi connectivity index (χ0n) is 19.3. The molecule has 2 aromatic heterocycles. The maximum Gasteiger partial charge on any atom is 0.244 e. The average molecular weight is 456 g/mol. The molecule has 0 aliphatic rings. The molecule has 2 heterocycles. The molecule has 0 aliphatic heterocycles. The zero-order valence-corrected chi connectivity index (χ0v) is 19.3. The van der Waals surface area contributed by atoms with E-state index in [0.717, 1.165) is 12.0 Å². The van der Waals surface area contributed by atoms with E-state index in [1.54, 1.807) is 47.9 Å². The molecule has 0 fully saturated rings. The maximum atomic E-state index is 13.2. The largest absolute Gasteiger partial charge is 0.497 e. The van der Waals surface area contributed by atoms with E-state index in [1.807, 2.05) is 31.2 Å². The second-order valence-corrected chi connectivity index (χ2v) is 7.98. The van der Waals surface area contributed by atoms with Gasteiger partial charge in [-0.25, -0.2) is 4.98 Å². The summed E-state index contributed by atoms with van der Waals surface area (Å²) in [6.45, 7) is 3.75. The monoisotopic (exact) mass is 455 g/mol. The van der Waals surface area contributed by atoms with Crippen molar-refractivity contribution in [1.82, 2.24) is 9.55 Å². The third-order valence-corrected chi connectivity index (χ3v) is 5.59. The van der Waals surface area contributed by atoms with Crippen molar-refractivity contribution in [3.63, 3.8) is 0 Å². The quantitative estimate of drug-likeness (QED) is 0.423. The first-order valence-corrected chi connectivity index (χ1v) is 11.0. The Balaban J connectivity index is 1.73. The number of fused-ring (bicyclic) bond motifs is 1. The van der Waals surface area contributed by atoms with Crippen LogP contribution in [-0.2, 0) is 17.8 Å². The molecular formula is C27H25N3O4. The van der Waals surface area contributed by atoms with Crippen LogP contribution in [0.4, 0.5) is 5.69 Å². The lowest BCUT2D eigenvalue weighted by molar-refractivity contribution is -0.116. The van der Waals surface area contributed by atoms with Crippen LogP contribution >= 0.6 is 0 Å². The molecule has 0 saturated heterocycles. The highest BCUT2D eigenvalue weighted by atomic mass is 16.5. The third-order valence-electron chi connectivity index (χ3n) is 5.59. The second-order valence-electron chi connectivity index (χ2n) is 7.98. The molecule has 0 saturated carbocycles. The number of ketones is 1. The van der Waals surface area contributed by atoms with E-state index in [-0.39, 0.29) is 23.4 Å². The lowest BCUT2D eigenvalue weighted by atomic mass is 10.0. The molecule has 1 amide bonds. The van der Waals surface area contributed by atoms with Crippen LogP contribution in [-0.4, -0.2) is 28.4 Å².